The molecule has 0 aromatic heterocycles. The van der Waals surface area contributed by atoms with Gasteiger partial charge in [-0.1, -0.05) is 19.3 Å². The number of rotatable bonds is 2. The Hall–Kier alpha value is -0.360. The average molecular weight is 290 g/mol. The zero-order valence-electron chi connectivity index (χ0n) is 10.9. The second kappa shape index (κ2) is 5.74. The van der Waals surface area contributed by atoms with E-state index in [2.05, 4.69) is 10.2 Å². The Kier molecular flexibility index (Phi) is 4.48. The Balaban J connectivity index is 1.84. The minimum atomic E-state index is -2.83. The molecule has 104 valence electrons. The fraction of sp³-hybridized carbons (Fsp3) is 0.917. The van der Waals surface area contributed by atoms with Crippen molar-refractivity contribution in [1.82, 2.24) is 10.2 Å². The van der Waals surface area contributed by atoms with E-state index in [1.54, 1.807) is 0 Å². The normalized spacial score (nSPS) is 27.9. The average Bonchev–Trinajstić information content (AvgIpc) is 2.68. The maximum Gasteiger partial charge on any atom is 0.169 e. The molecular weight excluding hydrogens is 268 g/mol. The fourth-order valence-electron chi connectivity index (χ4n) is 2.82. The van der Waals surface area contributed by atoms with Crippen LogP contribution in [0.25, 0.3) is 0 Å². The Bertz CT molecular complexity index is 402. The van der Waals surface area contributed by atoms with E-state index in [9.17, 15) is 8.42 Å². The lowest BCUT2D eigenvalue weighted by atomic mass is 9.95. The standard InChI is InChI=1S/C12H22N2O2S2/c1-14(11-5-3-2-4-6-11)12(17)13-10-7-8-18(15,16)9-10/h10-11H,2-9H2,1H3,(H,13,17)/t10-/m0/s1. The number of nitrogens with zero attached hydrogens (tertiary/aromatic N) is 1. The number of thiocarbonyl (C=S) groups is 1. The molecule has 0 bridgehead atoms. The van der Waals surface area contributed by atoms with Crippen LogP contribution in [0, 0.1) is 0 Å². The van der Waals surface area contributed by atoms with Gasteiger partial charge >= 0.3 is 0 Å². The van der Waals surface area contributed by atoms with Crippen LogP contribution in [0.3, 0.4) is 0 Å². The van der Waals surface area contributed by atoms with E-state index < -0.39 is 9.84 Å². The maximum absolute atomic E-state index is 11.4. The topological polar surface area (TPSA) is 49.4 Å². The molecule has 1 saturated heterocycles. The lowest BCUT2D eigenvalue weighted by Gasteiger charge is -2.34. The van der Waals surface area contributed by atoms with Crippen LogP contribution in [0.2, 0.25) is 0 Å². The summed E-state index contributed by atoms with van der Waals surface area (Å²) in [7, 11) is -0.810. The molecule has 0 amide bonds. The van der Waals surface area contributed by atoms with E-state index in [0.717, 1.165) is 0 Å². The summed E-state index contributed by atoms with van der Waals surface area (Å²) in [4.78, 5) is 2.12. The Morgan fingerprint density at radius 1 is 1.22 bits per heavy atom. The molecule has 0 aromatic carbocycles. The summed E-state index contributed by atoms with van der Waals surface area (Å²) in [5.41, 5.74) is 0. The predicted octanol–water partition coefficient (Wildman–Crippen LogP) is 1.31. The first-order chi connectivity index (χ1) is 8.48. The summed E-state index contributed by atoms with van der Waals surface area (Å²) in [6.45, 7) is 0. The van der Waals surface area contributed by atoms with Gasteiger partial charge < -0.3 is 10.2 Å². The summed E-state index contributed by atoms with van der Waals surface area (Å²) in [6, 6.07) is 0.533. The Morgan fingerprint density at radius 2 is 1.89 bits per heavy atom. The lowest BCUT2D eigenvalue weighted by Crippen LogP contribution is -2.48. The first-order valence-corrected chi connectivity index (χ1v) is 8.95. The van der Waals surface area contributed by atoms with Crippen LogP contribution < -0.4 is 5.32 Å². The third kappa shape index (κ3) is 3.57. The van der Waals surface area contributed by atoms with Gasteiger partial charge in [-0.05, 0) is 31.5 Å². The number of hydrogen-bond acceptors (Lipinski definition) is 3. The molecule has 1 atom stereocenters. The van der Waals surface area contributed by atoms with Gasteiger partial charge in [-0.2, -0.15) is 0 Å². The van der Waals surface area contributed by atoms with Crippen LogP contribution in [0.15, 0.2) is 0 Å². The molecule has 2 rings (SSSR count). The van der Waals surface area contributed by atoms with Gasteiger partial charge in [-0.25, -0.2) is 8.42 Å². The molecule has 1 saturated carbocycles. The van der Waals surface area contributed by atoms with Crippen molar-refractivity contribution in [3.05, 3.63) is 0 Å². The SMILES string of the molecule is CN(C(=S)N[C@H]1CCS(=O)(=O)C1)C1CCCCC1. The quantitative estimate of drug-likeness (QED) is 0.777. The molecule has 6 heteroatoms. The number of sulfone groups is 1. The summed E-state index contributed by atoms with van der Waals surface area (Å²) in [5.74, 6) is 0.520. The largest absolute Gasteiger partial charge is 0.359 e. The van der Waals surface area contributed by atoms with Gasteiger partial charge in [0.05, 0.1) is 11.5 Å². The molecule has 0 unspecified atom stereocenters. The third-order valence-electron chi connectivity index (χ3n) is 4.00. The van der Waals surface area contributed by atoms with Gasteiger partial charge in [0.25, 0.3) is 0 Å². The molecule has 1 N–H and O–H groups in total. The minimum Gasteiger partial charge on any atom is -0.359 e. The highest BCUT2D eigenvalue weighted by atomic mass is 32.2. The van der Waals surface area contributed by atoms with E-state index >= 15 is 0 Å². The third-order valence-corrected chi connectivity index (χ3v) is 6.18. The second-order valence-electron chi connectivity index (χ2n) is 5.45. The monoisotopic (exact) mass is 290 g/mol. The van der Waals surface area contributed by atoms with Crippen molar-refractivity contribution in [2.45, 2.75) is 50.6 Å². The first kappa shape index (κ1) is 14.1. The van der Waals surface area contributed by atoms with Crippen LogP contribution in [0.5, 0.6) is 0 Å². The molecule has 2 fully saturated rings. The first-order valence-electron chi connectivity index (χ1n) is 6.72. The van der Waals surface area contributed by atoms with E-state index in [4.69, 9.17) is 12.2 Å². The molecule has 2 aliphatic rings. The van der Waals surface area contributed by atoms with Crippen molar-refractivity contribution >= 4 is 27.2 Å². The van der Waals surface area contributed by atoms with E-state index in [0.29, 0.717) is 23.3 Å². The van der Waals surface area contributed by atoms with Crippen LogP contribution in [-0.4, -0.2) is 49.1 Å². The zero-order valence-corrected chi connectivity index (χ0v) is 12.5. The fourth-order valence-corrected chi connectivity index (χ4v) is 4.81. The highest BCUT2D eigenvalue weighted by molar-refractivity contribution is 7.91. The highest BCUT2D eigenvalue weighted by Gasteiger charge is 2.29. The molecule has 1 aliphatic heterocycles. The van der Waals surface area contributed by atoms with Crippen LogP contribution in [0.4, 0.5) is 0 Å². The summed E-state index contributed by atoms with van der Waals surface area (Å²) in [5, 5.41) is 3.92. The summed E-state index contributed by atoms with van der Waals surface area (Å²) < 4.78 is 22.8. The van der Waals surface area contributed by atoms with Crippen LogP contribution >= 0.6 is 12.2 Å². The molecule has 18 heavy (non-hydrogen) atoms. The van der Waals surface area contributed by atoms with Crippen LogP contribution in [0.1, 0.15) is 38.5 Å². The van der Waals surface area contributed by atoms with Crippen molar-refractivity contribution in [3.8, 4) is 0 Å². The van der Waals surface area contributed by atoms with Crippen molar-refractivity contribution in [3.63, 3.8) is 0 Å². The predicted molar refractivity (Wildman–Crippen MR) is 77.4 cm³/mol. The smallest absolute Gasteiger partial charge is 0.169 e. The summed E-state index contributed by atoms with van der Waals surface area (Å²) in [6.07, 6.45) is 6.94. The van der Waals surface area contributed by atoms with Gasteiger partial charge in [0.2, 0.25) is 0 Å². The molecular formula is C12H22N2O2S2. The van der Waals surface area contributed by atoms with Crippen molar-refractivity contribution < 1.29 is 8.42 Å². The molecule has 0 spiro atoms. The lowest BCUT2D eigenvalue weighted by molar-refractivity contribution is 0.274. The van der Waals surface area contributed by atoms with Gasteiger partial charge in [0.15, 0.2) is 14.9 Å². The minimum absolute atomic E-state index is 0.00791. The van der Waals surface area contributed by atoms with Gasteiger partial charge in [0.1, 0.15) is 0 Å². The Morgan fingerprint density at radius 3 is 2.44 bits per heavy atom. The number of hydrogen-bond donors (Lipinski definition) is 1. The molecule has 1 heterocycles. The van der Waals surface area contributed by atoms with Gasteiger partial charge in [-0.3, -0.25) is 0 Å². The Labute approximate surface area is 115 Å². The molecule has 0 aromatic rings. The zero-order chi connectivity index (χ0) is 13.2. The van der Waals surface area contributed by atoms with Gasteiger partial charge in [0, 0.05) is 19.1 Å². The van der Waals surface area contributed by atoms with Crippen LogP contribution in [-0.2, 0) is 9.84 Å². The van der Waals surface area contributed by atoms with Gasteiger partial charge in [-0.15, -0.1) is 0 Å². The van der Waals surface area contributed by atoms with Crippen molar-refractivity contribution in [1.29, 1.82) is 0 Å². The molecule has 0 radical (unpaired) electrons. The van der Waals surface area contributed by atoms with Crippen molar-refractivity contribution in [2.75, 3.05) is 18.6 Å². The van der Waals surface area contributed by atoms with E-state index in [1.807, 2.05) is 7.05 Å². The summed E-state index contributed by atoms with van der Waals surface area (Å²) >= 11 is 5.39. The maximum atomic E-state index is 11.4. The van der Waals surface area contributed by atoms with E-state index in [-0.39, 0.29) is 11.8 Å². The second-order valence-corrected chi connectivity index (χ2v) is 8.07. The highest BCUT2D eigenvalue weighted by Crippen LogP contribution is 2.22. The molecule has 4 nitrogen and oxygen atoms in total. The van der Waals surface area contributed by atoms with E-state index in [1.165, 1.54) is 32.1 Å². The molecule has 1 aliphatic carbocycles. The van der Waals surface area contributed by atoms with Crippen molar-refractivity contribution in [2.24, 2.45) is 0 Å². The number of nitrogens with one attached hydrogen (secondary N) is 1.